The Hall–Kier alpha value is -1.89. The fourth-order valence-electron chi connectivity index (χ4n) is 1.65. The minimum Gasteiger partial charge on any atom is -0.481 e. The molecule has 0 saturated carbocycles. The van der Waals surface area contributed by atoms with Gasteiger partial charge in [0.25, 0.3) is 0 Å². The van der Waals surface area contributed by atoms with E-state index in [0.29, 0.717) is 12.1 Å². The summed E-state index contributed by atoms with van der Waals surface area (Å²) in [5, 5.41) is 11.0. The van der Waals surface area contributed by atoms with Crippen LogP contribution in [0.25, 0.3) is 0 Å². The summed E-state index contributed by atoms with van der Waals surface area (Å²) < 4.78 is 23.1. The Kier molecular flexibility index (Phi) is 5.69. The first-order valence-corrected chi connectivity index (χ1v) is 7.96. The number of benzene rings is 1. The fraction of sp³-hybridized carbons (Fsp3) is 0.385. The number of carboxylic acids is 1. The van der Waals surface area contributed by atoms with Gasteiger partial charge in [-0.3, -0.25) is 9.59 Å². The van der Waals surface area contributed by atoms with Crippen molar-refractivity contribution in [1.82, 2.24) is 0 Å². The van der Waals surface area contributed by atoms with Gasteiger partial charge in [0.15, 0.2) is 9.84 Å². The molecule has 0 unspecified atom stereocenters. The molecule has 0 saturated heterocycles. The highest BCUT2D eigenvalue weighted by Crippen LogP contribution is 2.15. The Balaban J connectivity index is 2.66. The lowest BCUT2D eigenvalue weighted by Crippen LogP contribution is -2.26. The van der Waals surface area contributed by atoms with E-state index in [4.69, 9.17) is 5.11 Å². The van der Waals surface area contributed by atoms with Gasteiger partial charge in [0, 0.05) is 5.69 Å². The molecule has 0 radical (unpaired) electrons. The molecule has 0 aromatic heterocycles. The number of aliphatic carboxylic acids is 1. The molecule has 1 rings (SSSR count). The number of carbonyl (C=O) groups excluding carboxylic acids is 1. The van der Waals surface area contributed by atoms with E-state index in [1.54, 1.807) is 12.1 Å². The third kappa shape index (κ3) is 5.40. The third-order valence-electron chi connectivity index (χ3n) is 2.65. The lowest BCUT2D eigenvalue weighted by Gasteiger charge is -2.09. The number of nitrogens with one attached hydrogen (secondary N) is 1. The molecule has 6 nitrogen and oxygen atoms in total. The third-order valence-corrected chi connectivity index (χ3v) is 4.18. The van der Waals surface area contributed by atoms with Crippen LogP contribution < -0.4 is 5.32 Å². The number of anilines is 1. The highest BCUT2D eigenvalue weighted by molar-refractivity contribution is 7.92. The van der Waals surface area contributed by atoms with Crippen LogP contribution in [0.15, 0.2) is 24.3 Å². The maximum atomic E-state index is 11.7. The van der Waals surface area contributed by atoms with E-state index in [9.17, 15) is 18.0 Å². The minimum absolute atomic E-state index is 0.499. The van der Waals surface area contributed by atoms with Crippen molar-refractivity contribution >= 4 is 27.4 Å². The van der Waals surface area contributed by atoms with E-state index in [-0.39, 0.29) is 0 Å². The van der Waals surface area contributed by atoms with Crippen LogP contribution in [-0.4, -0.2) is 36.9 Å². The van der Waals surface area contributed by atoms with E-state index < -0.39 is 39.6 Å². The van der Waals surface area contributed by atoms with E-state index in [2.05, 4.69) is 5.32 Å². The molecular weight excluding hydrogens is 282 g/mol. The molecule has 0 spiro atoms. The summed E-state index contributed by atoms with van der Waals surface area (Å²) in [4.78, 5) is 22.0. The molecule has 110 valence electrons. The average molecular weight is 299 g/mol. The number of hydrogen-bond acceptors (Lipinski definition) is 4. The monoisotopic (exact) mass is 299 g/mol. The maximum absolute atomic E-state index is 11.7. The van der Waals surface area contributed by atoms with Crippen LogP contribution >= 0.6 is 0 Å². The molecule has 0 aliphatic rings. The Labute approximate surface area is 117 Å². The second-order valence-corrected chi connectivity index (χ2v) is 6.48. The number of rotatable bonds is 7. The predicted octanol–water partition coefficient (Wildman–Crippen LogP) is 1.08. The molecule has 2 N–H and O–H groups in total. The second-order valence-electron chi connectivity index (χ2n) is 4.29. The molecular formula is C13H17NO5S. The minimum atomic E-state index is -3.71. The van der Waals surface area contributed by atoms with Crippen molar-refractivity contribution in [2.24, 2.45) is 0 Å². The zero-order chi connectivity index (χ0) is 15.2. The van der Waals surface area contributed by atoms with Crippen molar-refractivity contribution in [2.75, 3.05) is 16.8 Å². The molecule has 20 heavy (non-hydrogen) atoms. The predicted molar refractivity (Wildman–Crippen MR) is 75.4 cm³/mol. The topological polar surface area (TPSA) is 101 Å². The van der Waals surface area contributed by atoms with Crippen LogP contribution in [0.2, 0.25) is 0 Å². The Bertz CT molecular complexity index is 595. The summed E-state index contributed by atoms with van der Waals surface area (Å²) in [5.41, 5.74) is 1.48. The summed E-state index contributed by atoms with van der Waals surface area (Å²) in [5.74, 6) is -3.11. The lowest BCUT2D eigenvalue weighted by molar-refractivity contribution is -0.136. The first-order valence-electron chi connectivity index (χ1n) is 6.14. The van der Waals surface area contributed by atoms with E-state index in [1.165, 1.54) is 0 Å². The van der Waals surface area contributed by atoms with Gasteiger partial charge in [-0.25, -0.2) is 8.42 Å². The summed E-state index contributed by atoms with van der Waals surface area (Å²) in [6.45, 7) is 1.93. The van der Waals surface area contributed by atoms with Crippen molar-refractivity contribution in [3.8, 4) is 0 Å². The zero-order valence-electron chi connectivity index (χ0n) is 11.1. The normalized spacial score (nSPS) is 11.1. The molecule has 0 aliphatic heterocycles. The van der Waals surface area contributed by atoms with Gasteiger partial charge >= 0.3 is 5.97 Å². The Morgan fingerprint density at radius 2 is 1.90 bits per heavy atom. The summed E-state index contributed by atoms with van der Waals surface area (Å²) in [7, 11) is -3.71. The molecule has 1 aromatic carbocycles. The summed E-state index contributed by atoms with van der Waals surface area (Å²) in [6, 6.07) is 7.11. The lowest BCUT2D eigenvalue weighted by atomic mass is 10.1. The molecule has 7 heteroatoms. The van der Waals surface area contributed by atoms with Crippen molar-refractivity contribution in [3.63, 3.8) is 0 Å². The molecule has 1 aromatic rings. The van der Waals surface area contributed by atoms with Crippen LogP contribution in [-0.2, 0) is 25.8 Å². The van der Waals surface area contributed by atoms with Gasteiger partial charge in [-0.05, 0) is 18.1 Å². The van der Waals surface area contributed by atoms with Gasteiger partial charge < -0.3 is 10.4 Å². The van der Waals surface area contributed by atoms with E-state index in [0.717, 1.165) is 5.56 Å². The summed E-state index contributed by atoms with van der Waals surface area (Å²) in [6.07, 6.45) is 0.212. The first-order chi connectivity index (χ1) is 9.34. The highest BCUT2D eigenvalue weighted by Gasteiger charge is 2.18. The number of aryl methyl sites for hydroxylation is 1. The van der Waals surface area contributed by atoms with Gasteiger partial charge in [-0.15, -0.1) is 0 Å². The zero-order valence-corrected chi connectivity index (χ0v) is 11.9. The maximum Gasteiger partial charge on any atom is 0.304 e. The number of carbonyl (C=O) groups is 2. The molecule has 0 heterocycles. The van der Waals surface area contributed by atoms with Gasteiger partial charge in [0.05, 0.1) is 12.2 Å². The van der Waals surface area contributed by atoms with Gasteiger partial charge in [0.1, 0.15) is 5.75 Å². The van der Waals surface area contributed by atoms with Crippen LogP contribution in [0.4, 0.5) is 5.69 Å². The highest BCUT2D eigenvalue weighted by atomic mass is 32.2. The van der Waals surface area contributed by atoms with E-state index >= 15 is 0 Å². The SMILES string of the molecule is CCc1ccccc1NC(=O)CS(=O)(=O)CCC(=O)O. The largest absolute Gasteiger partial charge is 0.481 e. The van der Waals surface area contributed by atoms with Gasteiger partial charge in [-0.2, -0.15) is 0 Å². The van der Waals surface area contributed by atoms with Gasteiger partial charge in [0.2, 0.25) is 5.91 Å². The molecule has 0 atom stereocenters. The average Bonchev–Trinajstić information content (AvgIpc) is 2.36. The molecule has 0 aliphatic carbocycles. The number of sulfone groups is 1. The number of para-hydroxylation sites is 1. The van der Waals surface area contributed by atoms with E-state index in [1.807, 2.05) is 19.1 Å². The number of carboxylic acid groups (broad SMARTS) is 1. The Morgan fingerprint density at radius 3 is 2.50 bits per heavy atom. The van der Waals surface area contributed by atoms with Crippen molar-refractivity contribution in [1.29, 1.82) is 0 Å². The Morgan fingerprint density at radius 1 is 1.25 bits per heavy atom. The molecule has 1 amide bonds. The van der Waals surface area contributed by atoms with Crippen LogP contribution in [0, 0.1) is 0 Å². The summed E-state index contributed by atoms with van der Waals surface area (Å²) >= 11 is 0. The smallest absolute Gasteiger partial charge is 0.304 e. The quantitative estimate of drug-likeness (QED) is 0.784. The van der Waals surface area contributed by atoms with Crippen LogP contribution in [0.5, 0.6) is 0 Å². The van der Waals surface area contributed by atoms with Gasteiger partial charge in [-0.1, -0.05) is 25.1 Å². The van der Waals surface area contributed by atoms with Crippen molar-refractivity contribution in [2.45, 2.75) is 19.8 Å². The molecule has 0 fully saturated rings. The molecule has 0 bridgehead atoms. The fourth-order valence-corrected chi connectivity index (χ4v) is 2.75. The van der Waals surface area contributed by atoms with Crippen LogP contribution in [0.3, 0.4) is 0 Å². The first kappa shape index (κ1) is 16.2. The number of hydrogen-bond donors (Lipinski definition) is 2. The second kappa shape index (κ2) is 7.04. The van der Waals surface area contributed by atoms with Crippen molar-refractivity contribution in [3.05, 3.63) is 29.8 Å². The number of amides is 1. The standard InChI is InChI=1S/C13H17NO5S/c1-2-10-5-3-4-6-11(10)14-12(15)9-20(18,19)8-7-13(16)17/h3-6H,2,7-9H2,1H3,(H,14,15)(H,16,17). The van der Waals surface area contributed by atoms with Crippen molar-refractivity contribution < 1.29 is 23.1 Å². The van der Waals surface area contributed by atoms with Crippen LogP contribution in [0.1, 0.15) is 18.9 Å².